The highest BCUT2D eigenvalue weighted by Crippen LogP contribution is 2.20. The molecule has 0 atom stereocenters. The Balaban J connectivity index is 2.15. The van der Waals surface area contributed by atoms with Crippen molar-refractivity contribution in [2.45, 2.75) is 26.9 Å². The molecule has 0 saturated carbocycles. The molecule has 0 saturated heterocycles. The van der Waals surface area contributed by atoms with Crippen LogP contribution in [-0.2, 0) is 17.8 Å². The van der Waals surface area contributed by atoms with E-state index in [-0.39, 0.29) is 5.91 Å². The minimum atomic E-state index is -0.405. The molecule has 2 heterocycles. The average molecular weight is 384 g/mol. The van der Waals surface area contributed by atoms with Gasteiger partial charge in [0.25, 0.3) is 5.91 Å². The third kappa shape index (κ3) is 3.61. The Morgan fingerprint density at radius 2 is 2.15 bits per heavy atom. The predicted molar refractivity (Wildman–Crippen MR) is 104 cm³/mol. The summed E-state index contributed by atoms with van der Waals surface area (Å²) in [7, 11) is 1.34. The zero-order valence-corrected chi connectivity index (χ0v) is 16.2. The Morgan fingerprint density at radius 3 is 2.81 bits per heavy atom. The average Bonchev–Trinajstić information content (AvgIpc) is 3.21. The van der Waals surface area contributed by atoms with E-state index < -0.39 is 5.97 Å². The van der Waals surface area contributed by atoms with E-state index >= 15 is 0 Å². The van der Waals surface area contributed by atoms with E-state index in [1.165, 1.54) is 18.4 Å². The van der Waals surface area contributed by atoms with E-state index in [1.54, 1.807) is 29.0 Å². The maximum atomic E-state index is 12.7. The fourth-order valence-corrected chi connectivity index (χ4v) is 3.89. The normalized spacial score (nSPS) is 11.7. The predicted octanol–water partition coefficient (Wildman–Crippen LogP) is 2.94. The lowest BCUT2D eigenvalue weighted by Crippen LogP contribution is -2.17. The van der Waals surface area contributed by atoms with Gasteiger partial charge in [0, 0.05) is 13.1 Å². The topological polar surface area (TPSA) is 78.5 Å². The minimum absolute atomic E-state index is 0.352. The Bertz CT molecular complexity index is 1100. The van der Waals surface area contributed by atoms with E-state index in [0.717, 1.165) is 15.9 Å². The molecule has 0 aliphatic carbocycles. The minimum Gasteiger partial charge on any atom is -0.465 e. The number of thiazole rings is 1. The van der Waals surface area contributed by atoms with Gasteiger partial charge in [0.2, 0.25) is 0 Å². The van der Waals surface area contributed by atoms with Crippen LogP contribution in [0.1, 0.15) is 33.5 Å². The maximum Gasteiger partial charge on any atom is 0.337 e. The third-order valence-electron chi connectivity index (χ3n) is 4.03. The second-order valence-corrected chi connectivity index (χ2v) is 6.87. The van der Waals surface area contributed by atoms with Gasteiger partial charge in [-0.3, -0.25) is 9.48 Å². The van der Waals surface area contributed by atoms with Crippen molar-refractivity contribution in [1.82, 2.24) is 14.3 Å². The van der Waals surface area contributed by atoms with E-state index in [4.69, 9.17) is 4.74 Å². The molecular formula is C19H20N4O3S. The number of aryl methyl sites for hydroxylation is 2. The van der Waals surface area contributed by atoms with Gasteiger partial charge in [0.15, 0.2) is 4.80 Å². The van der Waals surface area contributed by atoms with Crippen molar-refractivity contribution in [1.29, 1.82) is 0 Å². The standard InChI is InChI=1S/C19H20N4O3S/c1-5-9-22-14-8-7-13(18(25)26-4)11-16(14)27-19(22)20-17(24)15-10-12(3)21-23(15)6-2/h5,7-8,10-11H,1,6,9H2,2-4H3. The fraction of sp³-hybridized carbons (Fsp3) is 0.263. The molecule has 0 aliphatic heterocycles. The zero-order chi connectivity index (χ0) is 19.6. The van der Waals surface area contributed by atoms with Crippen LogP contribution in [0.5, 0.6) is 0 Å². The van der Waals surface area contributed by atoms with Crippen LogP contribution in [0.25, 0.3) is 10.2 Å². The first-order valence-corrected chi connectivity index (χ1v) is 9.26. The molecule has 7 nitrogen and oxygen atoms in total. The number of carbonyl (C=O) groups is 2. The molecule has 2 aromatic heterocycles. The molecule has 1 aromatic carbocycles. The highest BCUT2D eigenvalue weighted by atomic mass is 32.1. The van der Waals surface area contributed by atoms with Crippen LogP contribution in [0.3, 0.4) is 0 Å². The molecule has 8 heteroatoms. The van der Waals surface area contributed by atoms with Gasteiger partial charge in [-0.05, 0) is 38.1 Å². The number of rotatable bonds is 5. The second kappa shape index (κ2) is 7.71. The summed E-state index contributed by atoms with van der Waals surface area (Å²) < 4.78 is 9.15. The van der Waals surface area contributed by atoms with Gasteiger partial charge >= 0.3 is 5.97 Å². The van der Waals surface area contributed by atoms with Crippen molar-refractivity contribution in [2.24, 2.45) is 4.99 Å². The smallest absolute Gasteiger partial charge is 0.337 e. The molecule has 0 spiro atoms. The first kappa shape index (κ1) is 18.8. The molecule has 0 fully saturated rings. The number of aromatic nitrogens is 3. The van der Waals surface area contributed by atoms with Crippen LogP contribution < -0.4 is 4.80 Å². The summed E-state index contributed by atoms with van der Waals surface area (Å²) in [6.07, 6.45) is 1.74. The van der Waals surface area contributed by atoms with E-state index in [9.17, 15) is 9.59 Å². The van der Waals surface area contributed by atoms with Crippen LogP contribution in [0.15, 0.2) is 41.9 Å². The summed E-state index contributed by atoms with van der Waals surface area (Å²) in [6.45, 7) is 8.63. The van der Waals surface area contributed by atoms with E-state index in [0.29, 0.717) is 29.1 Å². The monoisotopic (exact) mass is 384 g/mol. The summed E-state index contributed by atoms with van der Waals surface area (Å²) in [6, 6.07) is 7.00. The maximum absolute atomic E-state index is 12.7. The van der Waals surface area contributed by atoms with Crippen molar-refractivity contribution >= 4 is 33.4 Å². The van der Waals surface area contributed by atoms with Crippen molar-refractivity contribution in [3.8, 4) is 0 Å². The second-order valence-electron chi connectivity index (χ2n) is 5.86. The summed E-state index contributed by atoms with van der Waals surface area (Å²) in [5, 5.41) is 4.30. The van der Waals surface area contributed by atoms with Crippen LogP contribution in [0, 0.1) is 6.92 Å². The third-order valence-corrected chi connectivity index (χ3v) is 5.07. The van der Waals surface area contributed by atoms with Crippen molar-refractivity contribution < 1.29 is 14.3 Å². The molecule has 0 aliphatic rings. The Morgan fingerprint density at radius 1 is 1.37 bits per heavy atom. The first-order valence-electron chi connectivity index (χ1n) is 8.44. The van der Waals surface area contributed by atoms with Crippen molar-refractivity contribution in [2.75, 3.05) is 7.11 Å². The number of hydrogen-bond acceptors (Lipinski definition) is 5. The number of fused-ring (bicyclic) bond motifs is 1. The molecule has 140 valence electrons. The van der Waals surface area contributed by atoms with Gasteiger partial charge in [0.05, 0.1) is 28.6 Å². The summed E-state index contributed by atoms with van der Waals surface area (Å²) in [5.41, 5.74) is 2.55. The molecule has 1 amide bonds. The highest BCUT2D eigenvalue weighted by molar-refractivity contribution is 7.16. The molecule has 0 radical (unpaired) electrons. The van der Waals surface area contributed by atoms with Crippen molar-refractivity contribution in [3.63, 3.8) is 0 Å². The van der Waals surface area contributed by atoms with Gasteiger partial charge < -0.3 is 9.30 Å². The van der Waals surface area contributed by atoms with Crippen LogP contribution in [-0.4, -0.2) is 33.3 Å². The quantitative estimate of drug-likeness (QED) is 0.500. The molecule has 3 rings (SSSR count). The largest absolute Gasteiger partial charge is 0.465 e. The summed E-state index contributed by atoms with van der Waals surface area (Å²) in [5.74, 6) is -0.757. The molecular weight excluding hydrogens is 364 g/mol. The number of ether oxygens (including phenoxy) is 1. The van der Waals surface area contributed by atoms with Crippen LogP contribution in [0.4, 0.5) is 0 Å². The van der Waals surface area contributed by atoms with Gasteiger partial charge in [-0.2, -0.15) is 10.1 Å². The SMILES string of the molecule is C=CCn1c(=NC(=O)c2cc(C)nn2CC)sc2cc(C(=O)OC)ccc21. The van der Waals surface area contributed by atoms with Gasteiger partial charge in [-0.15, -0.1) is 6.58 Å². The number of carbonyl (C=O) groups excluding carboxylic acids is 2. The Kier molecular flexibility index (Phi) is 5.36. The Labute approximate surface area is 160 Å². The highest BCUT2D eigenvalue weighted by Gasteiger charge is 2.15. The number of amides is 1. The first-order chi connectivity index (χ1) is 13.0. The van der Waals surface area contributed by atoms with E-state index in [2.05, 4.69) is 16.7 Å². The lowest BCUT2D eigenvalue weighted by atomic mass is 10.2. The molecule has 27 heavy (non-hydrogen) atoms. The number of hydrogen-bond donors (Lipinski definition) is 0. The molecule has 3 aromatic rings. The summed E-state index contributed by atoms with van der Waals surface area (Å²) >= 11 is 1.34. The molecule has 0 bridgehead atoms. The van der Waals surface area contributed by atoms with Crippen molar-refractivity contribution in [3.05, 3.63) is 58.7 Å². The zero-order valence-electron chi connectivity index (χ0n) is 15.4. The Hall–Kier alpha value is -3.00. The summed E-state index contributed by atoms with van der Waals surface area (Å²) in [4.78, 5) is 29.4. The van der Waals surface area contributed by atoms with E-state index in [1.807, 2.05) is 24.5 Å². The number of nitrogens with zero attached hydrogens (tertiary/aromatic N) is 4. The fourth-order valence-electron chi connectivity index (χ4n) is 2.81. The lowest BCUT2D eigenvalue weighted by Gasteiger charge is -2.03. The van der Waals surface area contributed by atoms with Gasteiger partial charge in [0.1, 0.15) is 5.69 Å². The lowest BCUT2D eigenvalue weighted by molar-refractivity contribution is 0.0601. The van der Waals surface area contributed by atoms with Gasteiger partial charge in [-0.1, -0.05) is 17.4 Å². The number of methoxy groups -OCH3 is 1. The van der Waals surface area contributed by atoms with Crippen LogP contribution in [0.2, 0.25) is 0 Å². The van der Waals surface area contributed by atoms with Gasteiger partial charge in [-0.25, -0.2) is 4.79 Å². The number of benzene rings is 1. The molecule has 0 N–H and O–H groups in total. The molecule has 0 unspecified atom stereocenters. The number of esters is 1. The number of allylic oxidation sites excluding steroid dienone is 1. The van der Waals surface area contributed by atoms with Crippen LogP contribution >= 0.6 is 11.3 Å².